The van der Waals surface area contributed by atoms with E-state index in [2.05, 4.69) is 25.8 Å². The molecular formula is C40H48FN7O6. The molecule has 2 unspecified atom stereocenters. The molecule has 3 aromatic carbocycles. The van der Waals surface area contributed by atoms with E-state index in [0.717, 1.165) is 16.8 Å². The maximum atomic E-state index is 14.1. The second-order valence-corrected chi connectivity index (χ2v) is 14.6. The van der Waals surface area contributed by atoms with Crippen molar-refractivity contribution in [1.29, 1.82) is 0 Å². The first-order valence-corrected chi connectivity index (χ1v) is 17.8. The maximum absolute atomic E-state index is 14.1. The molecule has 4 aromatic rings. The van der Waals surface area contributed by atoms with Crippen molar-refractivity contribution in [3.8, 4) is 0 Å². The Bertz CT molecular complexity index is 1870. The number of amides is 4. The fraction of sp³-hybridized carbons (Fsp3) is 0.375. The number of hydrogen-bond donors (Lipinski definition) is 3. The number of imidazole rings is 1. The Morgan fingerprint density at radius 1 is 0.852 bits per heavy atom. The van der Waals surface area contributed by atoms with E-state index >= 15 is 0 Å². The fourth-order valence-corrected chi connectivity index (χ4v) is 5.85. The van der Waals surface area contributed by atoms with Crippen LogP contribution in [0.2, 0.25) is 0 Å². The average Bonchev–Trinajstić information content (AvgIpc) is 3.58. The lowest BCUT2D eigenvalue weighted by Gasteiger charge is -2.37. The molecular weight excluding hydrogens is 693 g/mol. The van der Waals surface area contributed by atoms with Crippen LogP contribution in [0.15, 0.2) is 97.5 Å². The monoisotopic (exact) mass is 741 g/mol. The number of hydrogen-bond acceptors (Lipinski definition) is 8. The topological polar surface area (TPSA) is 147 Å². The zero-order valence-electron chi connectivity index (χ0n) is 31.3. The van der Waals surface area contributed by atoms with Crippen molar-refractivity contribution in [2.75, 3.05) is 43.0 Å². The van der Waals surface area contributed by atoms with Crippen LogP contribution in [0, 0.1) is 5.82 Å². The van der Waals surface area contributed by atoms with Crippen molar-refractivity contribution in [3.63, 3.8) is 0 Å². The Labute approximate surface area is 314 Å². The number of ether oxygens (including phenoxy) is 2. The van der Waals surface area contributed by atoms with E-state index in [4.69, 9.17) is 9.47 Å². The average molecular weight is 742 g/mol. The molecule has 1 aliphatic rings. The summed E-state index contributed by atoms with van der Waals surface area (Å²) >= 11 is 0. The lowest BCUT2D eigenvalue weighted by atomic mass is 10.0. The predicted octanol–water partition coefficient (Wildman–Crippen LogP) is 4.90. The van der Waals surface area contributed by atoms with Crippen molar-refractivity contribution in [2.24, 2.45) is 0 Å². The molecule has 54 heavy (non-hydrogen) atoms. The smallest absolute Gasteiger partial charge is 0.408 e. The third kappa shape index (κ3) is 10.9. The van der Waals surface area contributed by atoms with Crippen LogP contribution in [0.3, 0.4) is 0 Å². The highest BCUT2D eigenvalue weighted by atomic mass is 19.1. The molecule has 14 heteroatoms. The van der Waals surface area contributed by atoms with Gasteiger partial charge in [-0.25, -0.2) is 14.2 Å². The van der Waals surface area contributed by atoms with E-state index in [0.29, 0.717) is 26.2 Å². The summed E-state index contributed by atoms with van der Waals surface area (Å²) in [6.07, 6.45) is 2.26. The van der Waals surface area contributed by atoms with Crippen molar-refractivity contribution >= 4 is 35.3 Å². The van der Waals surface area contributed by atoms with Gasteiger partial charge in [0.2, 0.25) is 11.8 Å². The summed E-state index contributed by atoms with van der Waals surface area (Å²) < 4.78 is 26.3. The lowest BCUT2D eigenvalue weighted by Crippen LogP contribution is -2.59. The number of alkyl carbamates (subject to hydrolysis) is 1. The van der Waals surface area contributed by atoms with Crippen molar-refractivity contribution in [2.45, 2.75) is 64.4 Å². The molecule has 1 fully saturated rings. The van der Waals surface area contributed by atoms with E-state index in [9.17, 15) is 23.6 Å². The molecule has 0 bridgehead atoms. The molecule has 13 nitrogen and oxygen atoms in total. The molecule has 286 valence electrons. The standard InChI is InChI=1S/C40H48FN7O6/c1-39(2,3)54-38(52)45-40(4,5)37(51)43-32(26-53-25-28-12-8-6-9-13-28)35(49)44-33-24-48(27-42-33)34(29-14-10-7-11-15-29)36(50)47-22-20-46(21-23-47)31-18-16-30(41)17-19-31/h6-19,24,27,32,34H,20-23,25-26H2,1-5H3,(H,43,51)(H,44,49)(H,45,52). The molecule has 1 saturated heterocycles. The molecule has 2 heterocycles. The quantitative estimate of drug-likeness (QED) is 0.175. The molecule has 3 N–H and O–H groups in total. The van der Waals surface area contributed by atoms with E-state index in [-0.39, 0.29) is 30.8 Å². The highest BCUT2D eigenvalue weighted by Gasteiger charge is 2.35. The molecule has 1 aliphatic heterocycles. The van der Waals surface area contributed by atoms with Gasteiger partial charge < -0.3 is 39.8 Å². The van der Waals surface area contributed by atoms with Crippen LogP contribution in [-0.2, 0) is 30.5 Å². The molecule has 0 saturated carbocycles. The van der Waals surface area contributed by atoms with Crippen LogP contribution in [0.5, 0.6) is 0 Å². The summed E-state index contributed by atoms with van der Waals surface area (Å²) in [5.74, 6) is -1.55. The summed E-state index contributed by atoms with van der Waals surface area (Å²) in [5.41, 5.74) is 0.272. The summed E-state index contributed by atoms with van der Waals surface area (Å²) in [6.45, 7) is 10.2. The molecule has 0 spiro atoms. The molecule has 4 amide bonds. The van der Waals surface area contributed by atoms with Gasteiger partial charge in [0.1, 0.15) is 29.0 Å². The van der Waals surface area contributed by atoms with Crippen molar-refractivity contribution < 1.29 is 33.0 Å². The number of carbonyl (C=O) groups excluding carboxylic acids is 4. The van der Waals surface area contributed by atoms with Gasteiger partial charge in [0.05, 0.1) is 19.5 Å². The maximum Gasteiger partial charge on any atom is 0.408 e. The van der Waals surface area contributed by atoms with Gasteiger partial charge in [-0.05, 0) is 70.0 Å². The first kappa shape index (κ1) is 39.4. The van der Waals surface area contributed by atoms with E-state index in [1.165, 1.54) is 32.3 Å². The first-order valence-electron chi connectivity index (χ1n) is 17.8. The van der Waals surface area contributed by atoms with Gasteiger partial charge in [-0.1, -0.05) is 60.7 Å². The Balaban J connectivity index is 1.29. The van der Waals surface area contributed by atoms with Crippen molar-refractivity contribution in [1.82, 2.24) is 25.1 Å². The van der Waals surface area contributed by atoms with Gasteiger partial charge in [-0.2, -0.15) is 0 Å². The van der Waals surface area contributed by atoms with Gasteiger partial charge >= 0.3 is 6.09 Å². The second kappa shape index (κ2) is 17.4. The largest absolute Gasteiger partial charge is 0.444 e. The third-order valence-corrected chi connectivity index (χ3v) is 8.68. The third-order valence-electron chi connectivity index (χ3n) is 8.68. The SMILES string of the molecule is CC(C)(C)OC(=O)NC(C)(C)C(=O)NC(COCc1ccccc1)C(=O)Nc1cn(C(C(=O)N2CCN(c3ccc(F)cc3)CC2)c2ccccc2)cn1. The normalized spacial score (nSPS) is 14.5. The number of halogens is 1. The van der Waals surface area contributed by atoms with Crippen LogP contribution >= 0.6 is 0 Å². The minimum atomic E-state index is -1.45. The zero-order valence-corrected chi connectivity index (χ0v) is 31.3. The number of nitrogens with zero attached hydrogens (tertiary/aromatic N) is 4. The highest BCUT2D eigenvalue weighted by Crippen LogP contribution is 2.25. The summed E-state index contributed by atoms with van der Waals surface area (Å²) in [7, 11) is 0. The van der Waals surface area contributed by atoms with Gasteiger partial charge in [0.15, 0.2) is 5.82 Å². The molecule has 5 rings (SSSR count). The number of aromatic nitrogens is 2. The summed E-state index contributed by atoms with van der Waals surface area (Å²) in [5, 5.41) is 8.02. The van der Waals surface area contributed by atoms with E-state index in [1.54, 1.807) is 48.6 Å². The molecule has 2 atom stereocenters. The van der Waals surface area contributed by atoms with Gasteiger partial charge in [-0.3, -0.25) is 14.4 Å². The van der Waals surface area contributed by atoms with Crippen molar-refractivity contribution in [3.05, 3.63) is 114 Å². The summed E-state index contributed by atoms with van der Waals surface area (Å²) in [4.78, 5) is 62.2. The Morgan fingerprint density at radius 3 is 2.11 bits per heavy atom. The zero-order chi connectivity index (χ0) is 38.9. The van der Waals surface area contributed by atoms with Gasteiger partial charge in [0.25, 0.3) is 5.91 Å². The Kier molecular flexibility index (Phi) is 12.7. The number of rotatable bonds is 13. The molecule has 0 aliphatic carbocycles. The Morgan fingerprint density at radius 2 is 1.48 bits per heavy atom. The number of nitrogens with one attached hydrogen (secondary N) is 3. The van der Waals surface area contributed by atoms with Crippen LogP contribution in [0.25, 0.3) is 0 Å². The predicted molar refractivity (Wildman–Crippen MR) is 202 cm³/mol. The van der Waals surface area contributed by atoms with Crippen LogP contribution in [0.1, 0.15) is 51.8 Å². The minimum Gasteiger partial charge on any atom is -0.444 e. The van der Waals surface area contributed by atoms with E-state index in [1.807, 2.05) is 60.7 Å². The minimum absolute atomic E-state index is 0.144. The number of benzene rings is 3. The molecule has 0 radical (unpaired) electrons. The molecule has 1 aromatic heterocycles. The van der Waals surface area contributed by atoms with E-state index < -0.39 is 41.1 Å². The van der Waals surface area contributed by atoms with Crippen LogP contribution in [0.4, 0.5) is 20.7 Å². The first-order chi connectivity index (χ1) is 25.7. The Hall–Kier alpha value is -5.76. The number of anilines is 2. The van der Waals surface area contributed by atoms with Gasteiger partial charge in [-0.15, -0.1) is 0 Å². The second-order valence-electron chi connectivity index (χ2n) is 14.6. The van der Waals surface area contributed by atoms with Gasteiger partial charge in [0, 0.05) is 38.1 Å². The van der Waals surface area contributed by atoms with Crippen LogP contribution in [-0.4, -0.2) is 88.2 Å². The number of carbonyl (C=O) groups is 4. The highest BCUT2D eigenvalue weighted by molar-refractivity contribution is 5.98. The number of piperazine rings is 1. The summed E-state index contributed by atoms with van der Waals surface area (Å²) in [6, 6.07) is 23.0. The fourth-order valence-electron chi connectivity index (χ4n) is 5.85. The van der Waals surface area contributed by atoms with Crippen LogP contribution < -0.4 is 20.9 Å². The lowest BCUT2D eigenvalue weighted by molar-refractivity contribution is -0.134.